The number of carbonyl (C=O) groups excluding carboxylic acids is 1. The highest BCUT2D eigenvalue weighted by atomic mass is 35.5. The van der Waals surface area contributed by atoms with Crippen LogP contribution >= 0.6 is 11.6 Å². The standard InChI is InChI=1S/C23H33ClN4O3S/c1-16(2)32(30)27-11-9-26(10-12-27)21-15-25-28(19-6-4-5-18(24)14-19)23(29)22(21)31-20-8-7-17(3)13-20/h4-6,14,16-17,20,25H,7-13,15H2,1-3H3. The quantitative estimate of drug-likeness (QED) is 0.630. The minimum atomic E-state index is -0.978. The second-order valence-corrected chi connectivity index (χ2v) is 11.6. The number of piperazine rings is 1. The van der Waals surface area contributed by atoms with Crippen molar-refractivity contribution < 1.29 is 14.1 Å². The van der Waals surface area contributed by atoms with Gasteiger partial charge in [0.05, 0.1) is 37.1 Å². The average molecular weight is 481 g/mol. The van der Waals surface area contributed by atoms with E-state index in [1.54, 1.807) is 12.1 Å². The molecule has 0 radical (unpaired) electrons. The summed E-state index contributed by atoms with van der Waals surface area (Å²) in [5.74, 6) is 0.849. The molecule has 3 aliphatic rings. The van der Waals surface area contributed by atoms with Gasteiger partial charge in [0.2, 0.25) is 5.76 Å². The molecular weight excluding hydrogens is 448 g/mol. The van der Waals surface area contributed by atoms with Gasteiger partial charge >= 0.3 is 5.91 Å². The van der Waals surface area contributed by atoms with Gasteiger partial charge in [0.1, 0.15) is 5.25 Å². The zero-order valence-electron chi connectivity index (χ0n) is 19.1. The highest BCUT2D eigenvalue weighted by Crippen LogP contribution is 2.32. The number of amides is 1. The fourth-order valence-corrected chi connectivity index (χ4v) is 5.90. The predicted octanol–water partition coefficient (Wildman–Crippen LogP) is 3.30. The summed E-state index contributed by atoms with van der Waals surface area (Å²) in [6, 6.07) is 7.25. The van der Waals surface area contributed by atoms with Crippen LogP contribution in [0.25, 0.3) is 0 Å². The first-order valence-electron chi connectivity index (χ1n) is 11.5. The van der Waals surface area contributed by atoms with Crippen LogP contribution in [0.15, 0.2) is 35.7 Å². The van der Waals surface area contributed by atoms with Crippen LogP contribution in [-0.2, 0) is 20.9 Å². The summed E-state index contributed by atoms with van der Waals surface area (Å²) in [5, 5.41) is 2.22. The molecule has 176 valence electrons. The molecule has 32 heavy (non-hydrogen) atoms. The van der Waals surface area contributed by atoms with Crippen molar-refractivity contribution in [3.63, 3.8) is 0 Å². The molecule has 3 unspecified atom stereocenters. The van der Waals surface area contributed by atoms with Gasteiger partial charge in [-0.15, -0.1) is 4.31 Å². The molecule has 1 aromatic carbocycles. The predicted molar refractivity (Wildman–Crippen MR) is 128 cm³/mol. The van der Waals surface area contributed by atoms with Crippen LogP contribution in [0, 0.1) is 5.92 Å². The molecule has 0 bridgehead atoms. The van der Waals surface area contributed by atoms with E-state index < -0.39 is 11.4 Å². The van der Waals surface area contributed by atoms with Crippen LogP contribution < -0.4 is 10.4 Å². The molecule has 0 spiro atoms. The molecule has 2 fully saturated rings. The maximum atomic E-state index is 13.6. The first-order valence-corrected chi connectivity index (χ1v) is 13.0. The van der Waals surface area contributed by atoms with Gasteiger partial charge in [0.25, 0.3) is 0 Å². The Morgan fingerprint density at radius 1 is 1.22 bits per heavy atom. The molecular formula is C23H33ClN4O3S. The zero-order valence-corrected chi connectivity index (χ0v) is 20.6. The van der Waals surface area contributed by atoms with Crippen molar-refractivity contribution in [1.82, 2.24) is 14.6 Å². The molecule has 4 rings (SSSR count). The van der Waals surface area contributed by atoms with Crippen LogP contribution in [0.2, 0.25) is 5.02 Å². The number of halogens is 1. The first kappa shape index (κ1) is 23.7. The number of anilines is 1. The molecule has 1 N–H and O–H groups in total. The molecule has 0 aromatic heterocycles. The van der Waals surface area contributed by atoms with E-state index in [1.807, 2.05) is 30.3 Å². The summed E-state index contributed by atoms with van der Waals surface area (Å²) in [5.41, 5.74) is 4.83. The Bertz CT molecular complexity index is 859. The number of hydrogen-bond donors (Lipinski definition) is 1. The van der Waals surface area contributed by atoms with E-state index in [1.165, 1.54) is 5.01 Å². The Balaban J connectivity index is 1.56. The fraction of sp³-hybridized carbons (Fsp3) is 0.609. The molecule has 1 saturated carbocycles. The smallest absolute Gasteiger partial charge is 0.309 e. The molecule has 3 atom stereocenters. The normalized spacial score (nSPS) is 26.2. The third kappa shape index (κ3) is 5.20. The van der Waals surface area contributed by atoms with Gasteiger partial charge in [-0.05, 0) is 57.2 Å². The number of benzene rings is 1. The lowest BCUT2D eigenvalue weighted by atomic mass is 10.1. The molecule has 2 aliphatic heterocycles. The van der Waals surface area contributed by atoms with Crippen LogP contribution in [0.3, 0.4) is 0 Å². The number of ether oxygens (including phenoxy) is 1. The van der Waals surface area contributed by atoms with Gasteiger partial charge in [-0.25, -0.2) is 10.4 Å². The molecule has 1 amide bonds. The summed E-state index contributed by atoms with van der Waals surface area (Å²) in [7, 11) is 0. The van der Waals surface area contributed by atoms with Crippen molar-refractivity contribution in [2.75, 3.05) is 37.7 Å². The molecule has 9 heteroatoms. The highest BCUT2D eigenvalue weighted by Gasteiger charge is 2.37. The minimum Gasteiger partial charge on any atom is -0.598 e. The van der Waals surface area contributed by atoms with Crippen molar-refractivity contribution >= 4 is 34.6 Å². The first-order chi connectivity index (χ1) is 15.3. The Morgan fingerprint density at radius 2 is 1.97 bits per heavy atom. The summed E-state index contributed by atoms with van der Waals surface area (Å²) in [4.78, 5) is 15.8. The number of rotatable bonds is 6. The van der Waals surface area contributed by atoms with Gasteiger partial charge < -0.3 is 14.2 Å². The number of nitrogens with zero attached hydrogens (tertiary/aromatic N) is 3. The van der Waals surface area contributed by atoms with E-state index in [0.717, 1.165) is 25.0 Å². The summed E-state index contributed by atoms with van der Waals surface area (Å²) in [6.45, 7) is 9.52. The van der Waals surface area contributed by atoms with E-state index in [9.17, 15) is 9.35 Å². The van der Waals surface area contributed by atoms with Crippen molar-refractivity contribution in [2.45, 2.75) is 51.4 Å². The SMILES string of the molecule is CC1CCC(OC2=C(N3CCN([S+]([O-])C(C)C)CC3)CNN(c3cccc(Cl)c3)C2=O)C1. The number of hydrazine groups is 1. The lowest BCUT2D eigenvalue weighted by molar-refractivity contribution is -0.121. The van der Waals surface area contributed by atoms with Crippen LogP contribution in [0.1, 0.15) is 40.0 Å². The third-order valence-corrected chi connectivity index (χ3v) is 8.26. The lowest BCUT2D eigenvalue weighted by Gasteiger charge is -2.41. The van der Waals surface area contributed by atoms with E-state index in [-0.39, 0.29) is 17.3 Å². The van der Waals surface area contributed by atoms with Crippen LogP contribution in [0.5, 0.6) is 0 Å². The van der Waals surface area contributed by atoms with E-state index in [2.05, 4.69) is 17.2 Å². The van der Waals surface area contributed by atoms with Crippen molar-refractivity contribution in [1.29, 1.82) is 0 Å². The largest absolute Gasteiger partial charge is 0.598 e. The van der Waals surface area contributed by atoms with Crippen LogP contribution in [-0.4, -0.2) is 63.7 Å². The van der Waals surface area contributed by atoms with Crippen molar-refractivity contribution in [3.05, 3.63) is 40.7 Å². The van der Waals surface area contributed by atoms with Crippen molar-refractivity contribution in [3.8, 4) is 0 Å². The lowest BCUT2D eigenvalue weighted by Crippen LogP contribution is -2.56. The van der Waals surface area contributed by atoms with Crippen molar-refractivity contribution in [2.24, 2.45) is 5.92 Å². The average Bonchev–Trinajstić information content (AvgIpc) is 3.19. The summed E-state index contributed by atoms with van der Waals surface area (Å²) >= 11 is 5.19. The van der Waals surface area contributed by atoms with Crippen LogP contribution in [0.4, 0.5) is 5.69 Å². The number of hydrogen-bond acceptors (Lipinski definition) is 6. The second kappa shape index (κ2) is 10.2. The Morgan fingerprint density at radius 3 is 2.59 bits per heavy atom. The van der Waals surface area contributed by atoms with Gasteiger partial charge in [-0.2, -0.15) is 0 Å². The maximum absolute atomic E-state index is 13.6. The summed E-state index contributed by atoms with van der Waals surface area (Å²) < 4.78 is 20.9. The molecule has 1 saturated heterocycles. The highest BCUT2D eigenvalue weighted by molar-refractivity contribution is 7.89. The Labute approximate surface area is 199 Å². The maximum Gasteiger partial charge on any atom is 0.309 e. The number of carbonyl (C=O) groups is 1. The number of nitrogens with one attached hydrogen (secondary N) is 1. The Kier molecular flexibility index (Phi) is 7.57. The van der Waals surface area contributed by atoms with Gasteiger partial charge in [0.15, 0.2) is 0 Å². The molecule has 7 nitrogen and oxygen atoms in total. The summed E-state index contributed by atoms with van der Waals surface area (Å²) in [6.07, 6.45) is 3.12. The molecule has 1 aromatic rings. The minimum absolute atomic E-state index is 0.0630. The Hall–Kier alpha value is -1.45. The van der Waals surface area contributed by atoms with E-state index in [0.29, 0.717) is 55.1 Å². The van der Waals surface area contributed by atoms with Gasteiger partial charge in [0, 0.05) is 29.5 Å². The fourth-order valence-electron chi connectivity index (χ4n) is 4.59. The third-order valence-electron chi connectivity index (χ3n) is 6.34. The van der Waals surface area contributed by atoms with Gasteiger partial charge in [-0.3, -0.25) is 4.79 Å². The zero-order chi connectivity index (χ0) is 22.8. The van der Waals surface area contributed by atoms with E-state index >= 15 is 0 Å². The molecule has 1 aliphatic carbocycles. The van der Waals surface area contributed by atoms with E-state index in [4.69, 9.17) is 16.3 Å². The molecule has 2 heterocycles. The second-order valence-electron chi connectivity index (χ2n) is 9.13. The topological polar surface area (TPSA) is 71.1 Å². The monoisotopic (exact) mass is 480 g/mol. The van der Waals surface area contributed by atoms with Gasteiger partial charge in [-0.1, -0.05) is 24.6 Å².